The van der Waals surface area contributed by atoms with E-state index in [-0.39, 0.29) is 22.3 Å². The molecule has 31 heavy (non-hydrogen) atoms. The van der Waals surface area contributed by atoms with Gasteiger partial charge in [0.25, 0.3) is 0 Å². The smallest absolute Gasteiger partial charge is 0.406 e. The Labute approximate surface area is 177 Å². The fourth-order valence-electron chi connectivity index (χ4n) is 2.91. The molecule has 4 aromatic heterocycles. The van der Waals surface area contributed by atoms with E-state index in [9.17, 15) is 18.0 Å². The molecule has 8 nitrogen and oxygen atoms in total. The molecule has 12 heteroatoms. The van der Waals surface area contributed by atoms with E-state index in [4.69, 9.17) is 4.74 Å². The summed E-state index contributed by atoms with van der Waals surface area (Å²) in [5, 5.41) is 2.79. The summed E-state index contributed by atoms with van der Waals surface area (Å²) in [5.41, 5.74) is 3.78. The maximum Gasteiger partial charge on any atom is 0.432 e. The first-order chi connectivity index (χ1) is 14.7. The summed E-state index contributed by atoms with van der Waals surface area (Å²) in [5.74, 6) is 0.509. The molecule has 0 aliphatic heterocycles. The van der Waals surface area contributed by atoms with E-state index >= 15 is 0 Å². The number of aromatic nitrogens is 5. The highest BCUT2D eigenvalue weighted by atomic mass is 32.1. The third-order valence-corrected chi connectivity index (χ3v) is 5.15. The van der Waals surface area contributed by atoms with Crippen molar-refractivity contribution >= 4 is 28.5 Å². The number of alkyl halides is 3. The van der Waals surface area contributed by atoms with E-state index in [1.54, 1.807) is 6.92 Å². The van der Waals surface area contributed by atoms with Gasteiger partial charge in [0.15, 0.2) is 22.2 Å². The first-order valence-corrected chi connectivity index (χ1v) is 9.84. The predicted molar refractivity (Wildman–Crippen MR) is 107 cm³/mol. The van der Waals surface area contributed by atoms with Crippen LogP contribution in [0.15, 0.2) is 36.1 Å². The van der Waals surface area contributed by atoms with Crippen molar-refractivity contribution in [3.05, 3.63) is 53.1 Å². The molecular formula is C19H15F3N6O2S. The zero-order valence-electron chi connectivity index (χ0n) is 16.3. The Morgan fingerprint density at radius 1 is 1.26 bits per heavy atom. The van der Waals surface area contributed by atoms with Gasteiger partial charge in [-0.05, 0) is 31.5 Å². The fraction of sp³-hybridized carbons (Fsp3) is 0.211. The Bertz CT molecular complexity index is 1270. The van der Waals surface area contributed by atoms with Gasteiger partial charge in [-0.2, -0.15) is 13.2 Å². The Kier molecular flexibility index (Phi) is 5.31. The van der Waals surface area contributed by atoms with Crippen molar-refractivity contribution in [2.45, 2.75) is 26.4 Å². The van der Waals surface area contributed by atoms with Gasteiger partial charge in [-0.3, -0.25) is 0 Å². The lowest BCUT2D eigenvalue weighted by atomic mass is 10.1. The minimum absolute atomic E-state index is 0.0153. The molecule has 0 aliphatic carbocycles. The van der Waals surface area contributed by atoms with Gasteiger partial charge >= 0.3 is 12.3 Å². The molecule has 0 fully saturated rings. The van der Waals surface area contributed by atoms with Crippen molar-refractivity contribution in [1.29, 1.82) is 0 Å². The fourth-order valence-corrected chi connectivity index (χ4v) is 3.64. The number of halogens is 3. The van der Waals surface area contributed by atoms with Crippen molar-refractivity contribution in [2.75, 3.05) is 5.43 Å². The number of nitrogens with one attached hydrogen (secondary N) is 1. The second-order valence-electron chi connectivity index (χ2n) is 6.63. The van der Waals surface area contributed by atoms with Gasteiger partial charge in [0.05, 0.1) is 18.3 Å². The number of amides is 1. The topological polar surface area (TPSA) is 94.8 Å². The second-order valence-corrected chi connectivity index (χ2v) is 7.49. The van der Waals surface area contributed by atoms with Crippen LogP contribution in [0.2, 0.25) is 0 Å². The second kappa shape index (κ2) is 7.95. The predicted octanol–water partition coefficient (Wildman–Crippen LogP) is 4.41. The highest BCUT2D eigenvalue weighted by molar-refractivity contribution is 7.13. The molecule has 1 N–H and O–H groups in total. The van der Waals surface area contributed by atoms with Crippen LogP contribution in [0, 0.1) is 13.8 Å². The number of thiazole rings is 1. The molecule has 0 aliphatic rings. The number of rotatable bonds is 4. The zero-order chi connectivity index (χ0) is 22.2. The van der Waals surface area contributed by atoms with Crippen LogP contribution in [-0.4, -0.2) is 36.9 Å². The molecule has 160 valence electrons. The van der Waals surface area contributed by atoms with Crippen LogP contribution in [0.4, 0.5) is 18.0 Å². The van der Waals surface area contributed by atoms with Crippen molar-refractivity contribution in [3.8, 4) is 16.6 Å². The summed E-state index contributed by atoms with van der Waals surface area (Å²) in [7, 11) is 0. The number of pyridine rings is 1. The van der Waals surface area contributed by atoms with Crippen LogP contribution in [0.3, 0.4) is 0 Å². The SMILES string of the molecule is Cc1csc(-c2ncc(OC(=O)Nn3cc(CC(F)(F)F)c4cccnc43)c(C)n2)n1. The lowest BCUT2D eigenvalue weighted by Gasteiger charge is -2.09. The molecule has 4 heterocycles. The van der Waals surface area contributed by atoms with E-state index in [0.29, 0.717) is 16.5 Å². The van der Waals surface area contributed by atoms with E-state index in [2.05, 4.69) is 25.4 Å². The van der Waals surface area contributed by atoms with E-state index in [0.717, 1.165) is 10.4 Å². The number of carbonyl (C=O) groups is 1. The Morgan fingerprint density at radius 3 is 2.74 bits per heavy atom. The lowest BCUT2D eigenvalue weighted by Crippen LogP contribution is -2.26. The molecule has 4 aromatic rings. The molecule has 0 spiro atoms. The molecule has 0 unspecified atom stereocenters. The zero-order valence-corrected chi connectivity index (χ0v) is 17.1. The third kappa shape index (κ3) is 4.63. The quantitative estimate of drug-likeness (QED) is 0.497. The number of ether oxygens (including phenoxy) is 1. The number of hydrogen-bond donors (Lipinski definition) is 1. The molecule has 0 aromatic carbocycles. The Balaban J connectivity index is 1.53. The highest BCUT2D eigenvalue weighted by Gasteiger charge is 2.30. The van der Waals surface area contributed by atoms with Gasteiger partial charge in [-0.1, -0.05) is 0 Å². The minimum atomic E-state index is -4.40. The Morgan fingerprint density at radius 2 is 2.06 bits per heavy atom. The van der Waals surface area contributed by atoms with Crippen molar-refractivity contribution in [2.24, 2.45) is 0 Å². The largest absolute Gasteiger partial charge is 0.432 e. The van der Waals surface area contributed by atoms with Crippen LogP contribution in [0.5, 0.6) is 5.75 Å². The number of fused-ring (bicyclic) bond motifs is 1. The molecular weight excluding hydrogens is 433 g/mol. The monoisotopic (exact) mass is 448 g/mol. The lowest BCUT2D eigenvalue weighted by molar-refractivity contribution is -0.127. The van der Waals surface area contributed by atoms with Crippen LogP contribution in [0.1, 0.15) is 17.0 Å². The minimum Gasteiger partial charge on any atom is -0.406 e. The molecule has 0 saturated heterocycles. The average Bonchev–Trinajstić information content (AvgIpc) is 3.27. The molecule has 1 amide bonds. The van der Waals surface area contributed by atoms with Crippen molar-refractivity contribution in [1.82, 2.24) is 24.6 Å². The molecule has 0 saturated carbocycles. The van der Waals surface area contributed by atoms with Gasteiger partial charge < -0.3 is 4.74 Å². The summed E-state index contributed by atoms with van der Waals surface area (Å²) in [6.45, 7) is 3.50. The standard InChI is InChI=1S/C19H15F3N6O2S/c1-10-9-31-17(25-10)15-24-7-14(11(2)26-15)30-18(29)27-28-8-12(6-19(20,21)22)13-4-3-5-23-16(13)28/h3-5,7-9H,6H2,1-2H3,(H,27,29). The van der Waals surface area contributed by atoms with Crippen LogP contribution in [-0.2, 0) is 6.42 Å². The number of aryl methyl sites for hydroxylation is 2. The van der Waals surface area contributed by atoms with Gasteiger partial charge in [0.1, 0.15) is 0 Å². The average molecular weight is 448 g/mol. The van der Waals surface area contributed by atoms with Gasteiger partial charge in [0.2, 0.25) is 0 Å². The van der Waals surface area contributed by atoms with Crippen LogP contribution >= 0.6 is 11.3 Å². The van der Waals surface area contributed by atoms with Gasteiger partial charge in [0, 0.05) is 28.9 Å². The first-order valence-electron chi connectivity index (χ1n) is 8.96. The van der Waals surface area contributed by atoms with Crippen LogP contribution in [0.25, 0.3) is 21.9 Å². The first kappa shape index (κ1) is 20.7. The molecule has 4 rings (SSSR count). The van der Waals surface area contributed by atoms with E-state index in [1.165, 1.54) is 42.1 Å². The highest BCUT2D eigenvalue weighted by Crippen LogP contribution is 2.27. The number of carbonyl (C=O) groups excluding carboxylic acids is 1. The molecule has 0 radical (unpaired) electrons. The summed E-state index contributed by atoms with van der Waals surface area (Å²) < 4.78 is 45.0. The molecule has 0 bridgehead atoms. The number of nitrogens with zero attached hydrogens (tertiary/aromatic N) is 5. The van der Waals surface area contributed by atoms with Crippen LogP contribution < -0.4 is 10.2 Å². The normalized spacial score (nSPS) is 11.6. The maximum absolute atomic E-state index is 12.9. The Hall–Kier alpha value is -3.54. The summed E-state index contributed by atoms with van der Waals surface area (Å²) in [6, 6.07) is 3.03. The van der Waals surface area contributed by atoms with Crippen molar-refractivity contribution < 1.29 is 22.7 Å². The third-order valence-electron chi connectivity index (χ3n) is 4.20. The van der Waals surface area contributed by atoms with E-state index in [1.807, 2.05) is 12.3 Å². The summed E-state index contributed by atoms with van der Waals surface area (Å²) >= 11 is 1.39. The van der Waals surface area contributed by atoms with E-state index < -0.39 is 18.7 Å². The summed E-state index contributed by atoms with van der Waals surface area (Å²) in [4.78, 5) is 29.2. The molecule has 0 atom stereocenters. The number of hydrogen-bond acceptors (Lipinski definition) is 7. The van der Waals surface area contributed by atoms with Gasteiger partial charge in [-0.15, -0.1) is 11.3 Å². The summed E-state index contributed by atoms with van der Waals surface area (Å²) in [6.07, 6.45) is -2.55. The van der Waals surface area contributed by atoms with Gasteiger partial charge in [-0.25, -0.2) is 34.8 Å². The van der Waals surface area contributed by atoms with Crippen molar-refractivity contribution in [3.63, 3.8) is 0 Å². The maximum atomic E-state index is 12.9.